The molecule has 0 aliphatic heterocycles. The van der Waals surface area contributed by atoms with E-state index in [-0.39, 0.29) is 16.5 Å². The molecule has 0 bridgehead atoms. The number of hydrogen-bond acceptors (Lipinski definition) is 4. The minimum atomic E-state index is -8.50. The molecule has 0 saturated carbocycles. The van der Waals surface area contributed by atoms with Gasteiger partial charge in [-0.15, -0.1) is 0 Å². The highest BCUT2D eigenvalue weighted by atomic mass is 32.2. The predicted molar refractivity (Wildman–Crippen MR) is 138 cm³/mol. The van der Waals surface area contributed by atoms with Gasteiger partial charge < -0.3 is 14.3 Å². The highest BCUT2D eigenvalue weighted by Crippen LogP contribution is 2.62. The number of benzene rings is 3. The number of halogens is 15. The zero-order valence-electron chi connectivity index (χ0n) is 23.4. The molecule has 20 heteroatoms. The first-order valence-corrected chi connectivity index (χ1v) is 13.9. The number of carboxylic acid groups (broad SMARTS) is 1. The van der Waals surface area contributed by atoms with Crippen molar-refractivity contribution < 1.29 is 80.2 Å². The van der Waals surface area contributed by atoms with Crippen molar-refractivity contribution in [1.82, 2.24) is 0 Å². The SMILES string of the molecule is O=C([O-])C(F)(F)C(F)(F)C(F)(F)C(F)(F)C(F)(F)C(F)(F)C(F)(F)F.O=c1ccc2ccc([S+](c3ccccc3)c3ccccc3)cc2o1. The van der Waals surface area contributed by atoms with Gasteiger partial charge in [-0.3, -0.25) is 0 Å². The van der Waals surface area contributed by atoms with E-state index in [4.69, 9.17) is 4.42 Å². The van der Waals surface area contributed by atoms with Gasteiger partial charge in [0, 0.05) is 17.5 Å². The van der Waals surface area contributed by atoms with Crippen LogP contribution in [0.25, 0.3) is 11.0 Å². The third-order valence-corrected chi connectivity index (χ3v) is 8.58. The molecule has 0 radical (unpaired) electrons. The second-order valence-corrected chi connectivity index (χ2v) is 11.6. The Morgan fingerprint density at radius 2 is 0.939 bits per heavy atom. The number of rotatable bonds is 9. The van der Waals surface area contributed by atoms with Crippen LogP contribution in [0.5, 0.6) is 0 Å². The van der Waals surface area contributed by atoms with Crippen molar-refractivity contribution in [2.24, 2.45) is 0 Å². The molecule has 3 aromatic carbocycles. The summed E-state index contributed by atoms with van der Waals surface area (Å²) >= 11 is 0. The molecule has 0 spiro atoms. The molecular weight excluding hydrogens is 729 g/mol. The summed E-state index contributed by atoms with van der Waals surface area (Å²) in [4.78, 5) is 24.8. The first-order valence-electron chi connectivity index (χ1n) is 12.7. The van der Waals surface area contributed by atoms with Crippen molar-refractivity contribution in [3.63, 3.8) is 0 Å². The molecule has 0 fully saturated rings. The first kappa shape index (κ1) is 39.1. The van der Waals surface area contributed by atoms with Gasteiger partial charge in [-0.1, -0.05) is 36.4 Å². The van der Waals surface area contributed by atoms with Crippen molar-refractivity contribution in [3.8, 4) is 0 Å². The van der Waals surface area contributed by atoms with Crippen LogP contribution in [0, 0.1) is 0 Å². The molecule has 4 nitrogen and oxygen atoms in total. The van der Waals surface area contributed by atoms with Gasteiger partial charge in [0.1, 0.15) is 11.6 Å². The molecule has 1 heterocycles. The highest BCUT2D eigenvalue weighted by Gasteiger charge is 2.93. The van der Waals surface area contributed by atoms with Crippen LogP contribution in [-0.2, 0) is 15.7 Å². The molecule has 0 unspecified atom stereocenters. The number of carbonyl (C=O) groups is 1. The van der Waals surface area contributed by atoms with Gasteiger partial charge in [-0.05, 0) is 42.5 Å². The second kappa shape index (κ2) is 13.2. The first-order chi connectivity index (χ1) is 22.3. The average molecular weight is 744 g/mol. The molecule has 49 heavy (non-hydrogen) atoms. The summed E-state index contributed by atoms with van der Waals surface area (Å²) in [6, 6.07) is 30.2. The lowest BCUT2D eigenvalue weighted by atomic mass is 9.91. The standard InChI is InChI=1S/C21H15O2S.C8HF15O2/c22-21-14-12-16-11-13-19(15-20(16)23-21)24(17-7-3-1-4-8-17)18-9-5-2-6-10-18;9-2(10,1(24)25)3(11,12)4(13,14)5(15,16)6(17,18)7(19,20)8(21,22)23/h1-15H;(H,24,25)/q+1;/p-1. The molecule has 0 N–H and O–H groups in total. The maximum Gasteiger partial charge on any atom is 0.460 e. The molecule has 0 saturated heterocycles. The normalized spacial score (nSPS) is 13.6. The average Bonchev–Trinajstić information content (AvgIpc) is 3.01. The fraction of sp³-hybridized carbons (Fsp3) is 0.241. The van der Waals surface area contributed by atoms with Gasteiger partial charge >= 0.3 is 47.3 Å². The maximum atomic E-state index is 12.8. The van der Waals surface area contributed by atoms with E-state index in [9.17, 15) is 80.6 Å². The van der Waals surface area contributed by atoms with E-state index in [1.54, 1.807) is 6.07 Å². The molecular formula is C29H15F15O4S. The van der Waals surface area contributed by atoms with Crippen LogP contribution in [-0.4, -0.2) is 47.7 Å². The van der Waals surface area contributed by atoms with E-state index < -0.39 is 47.7 Å². The molecule has 266 valence electrons. The van der Waals surface area contributed by atoms with E-state index in [1.165, 1.54) is 15.9 Å². The predicted octanol–water partition coefficient (Wildman–Crippen LogP) is 8.00. The third kappa shape index (κ3) is 6.78. The molecule has 1 aromatic heterocycles. The fourth-order valence-electron chi connectivity index (χ4n) is 3.78. The lowest BCUT2D eigenvalue weighted by molar-refractivity contribution is -0.454. The lowest BCUT2D eigenvalue weighted by Crippen LogP contribution is -2.74. The molecule has 0 amide bonds. The number of carboxylic acids is 1. The summed E-state index contributed by atoms with van der Waals surface area (Å²) in [5.74, 6) is -53.3. The van der Waals surface area contributed by atoms with Crippen LogP contribution in [0.3, 0.4) is 0 Å². The summed E-state index contributed by atoms with van der Waals surface area (Å²) in [6.07, 6.45) is -7.71. The Kier molecular flexibility index (Phi) is 10.5. The van der Waals surface area contributed by atoms with Crippen LogP contribution < -0.4 is 10.7 Å². The minimum Gasteiger partial charge on any atom is -0.544 e. The topological polar surface area (TPSA) is 70.3 Å². The van der Waals surface area contributed by atoms with Gasteiger partial charge in [0.25, 0.3) is 0 Å². The van der Waals surface area contributed by atoms with Gasteiger partial charge in [0.2, 0.25) is 0 Å². The lowest BCUT2D eigenvalue weighted by Gasteiger charge is -2.41. The van der Waals surface area contributed by atoms with Crippen LogP contribution in [0.4, 0.5) is 65.9 Å². The molecule has 0 aliphatic carbocycles. The van der Waals surface area contributed by atoms with Gasteiger partial charge in [-0.2, -0.15) is 65.9 Å². The summed E-state index contributed by atoms with van der Waals surface area (Å²) < 4.78 is 192. The van der Waals surface area contributed by atoms with Crippen molar-refractivity contribution >= 4 is 27.8 Å². The Labute approximate surface area is 266 Å². The summed E-state index contributed by atoms with van der Waals surface area (Å²) in [7, 11) is -0.239. The van der Waals surface area contributed by atoms with Crippen molar-refractivity contribution in [2.45, 2.75) is 56.4 Å². The zero-order chi connectivity index (χ0) is 37.4. The van der Waals surface area contributed by atoms with Crippen molar-refractivity contribution in [2.75, 3.05) is 0 Å². The Hall–Kier alpha value is -4.36. The fourth-order valence-corrected chi connectivity index (χ4v) is 5.89. The minimum absolute atomic E-state index is 0.239. The number of alkyl halides is 15. The molecule has 0 aliphatic rings. The van der Waals surface area contributed by atoms with E-state index in [1.807, 2.05) is 24.3 Å². The number of hydrogen-bond donors (Lipinski definition) is 0. The van der Waals surface area contributed by atoms with E-state index in [2.05, 4.69) is 54.6 Å². The molecule has 4 rings (SSSR count). The highest BCUT2D eigenvalue weighted by molar-refractivity contribution is 7.97. The van der Waals surface area contributed by atoms with Gasteiger partial charge in [-0.25, -0.2) is 4.79 Å². The van der Waals surface area contributed by atoms with Crippen LogP contribution in [0.1, 0.15) is 0 Å². The van der Waals surface area contributed by atoms with Crippen molar-refractivity contribution in [1.29, 1.82) is 0 Å². The van der Waals surface area contributed by atoms with E-state index in [0.29, 0.717) is 5.58 Å². The van der Waals surface area contributed by atoms with Gasteiger partial charge in [0.15, 0.2) is 14.7 Å². The number of carbonyl (C=O) groups excluding carboxylic acids is 1. The molecule has 0 atom stereocenters. The van der Waals surface area contributed by atoms with E-state index >= 15 is 0 Å². The Morgan fingerprint density at radius 3 is 1.37 bits per heavy atom. The largest absolute Gasteiger partial charge is 0.544 e. The number of aliphatic carboxylic acids is 1. The quantitative estimate of drug-likeness (QED) is 0.0991. The third-order valence-electron chi connectivity index (χ3n) is 6.37. The summed E-state index contributed by atoms with van der Waals surface area (Å²) in [6.45, 7) is 0. The van der Waals surface area contributed by atoms with Gasteiger partial charge in [0.05, 0.1) is 10.9 Å². The Bertz CT molecular complexity index is 1790. The maximum absolute atomic E-state index is 12.8. The second-order valence-electron chi connectivity index (χ2n) is 9.62. The Balaban J connectivity index is 0.000000265. The monoisotopic (exact) mass is 744 g/mol. The van der Waals surface area contributed by atoms with Crippen LogP contribution in [0.15, 0.2) is 115 Å². The van der Waals surface area contributed by atoms with E-state index in [0.717, 1.165) is 10.3 Å². The summed E-state index contributed by atoms with van der Waals surface area (Å²) in [5.41, 5.74) is 0.309. The summed E-state index contributed by atoms with van der Waals surface area (Å²) in [5, 5.41) is 10.5. The van der Waals surface area contributed by atoms with Crippen molar-refractivity contribution in [3.05, 3.63) is 101 Å². The van der Waals surface area contributed by atoms with Crippen LogP contribution in [0.2, 0.25) is 0 Å². The van der Waals surface area contributed by atoms with Crippen LogP contribution >= 0.6 is 0 Å². The smallest absolute Gasteiger partial charge is 0.460 e. The number of fused-ring (bicyclic) bond motifs is 1. The Morgan fingerprint density at radius 1 is 0.531 bits per heavy atom. The molecule has 4 aromatic rings. The zero-order valence-corrected chi connectivity index (χ0v) is 24.2.